The molecular formula is C14H19N3O3. The predicted molar refractivity (Wildman–Crippen MR) is 74.9 cm³/mol. The van der Waals surface area contributed by atoms with E-state index >= 15 is 0 Å². The largest absolute Gasteiger partial charge is 0.497 e. The Morgan fingerprint density at radius 1 is 1.25 bits per heavy atom. The SMILES string of the molecule is CCNC(C)c1nnc(-c2ccc(OC)cc2OC)o1. The quantitative estimate of drug-likeness (QED) is 0.874. The van der Waals surface area contributed by atoms with Gasteiger partial charge in [-0.15, -0.1) is 10.2 Å². The molecule has 108 valence electrons. The van der Waals surface area contributed by atoms with Gasteiger partial charge in [-0.2, -0.15) is 0 Å². The van der Waals surface area contributed by atoms with Crippen molar-refractivity contribution >= 4 is 0 Å². The molecule has 1 atom stereocenters. The standard InChI is InChI=1S/C14H19N3O3/c1-5-15-9(2)13-16-17-14(20-13)11-7-6-10(18-3)8-12(11)19-4/h6-9,15H,5H2,1-4H3. The lowest BCUT2D eigenvalue weighted by molar-refractivity contribution is 0.392. The van der Waals surface area contributed by atoms with Crippen LogP contribution in [0.4, 0.5) is 0 Å². The van der Waals surface area contributed by atoms with E-state index in [2.05, 4.69) is 15.5 Å². The van der Waals surface area contributed by atoms with Crippen molar-refractivity contribution in [2.45, 2.75) is 19.9 Å². The highest BCUT2D eigenvalue weighted by Gasteiger charge is 2.17. The topological polar surface area (TPSA) is 69.4 Å². The van der Waals surface area contributed by atoms with E-state index in [1.807, 2.05) is 26.0 Å². The molecule has 0 spiro atoms. The average molecular weight is 277 g/mol. The van der Waals surface area contributed by atoms with Crippen molar-refractivity contribution in [3.63, 3.8) is 0 Å². The lowest BCUT2D eigenvalue weighted by Crippen LogP contribution is -2.17. The van der Waals surface area contributed by atoms with Crippen molar-refractivity contribution in [3.05, 3.63) is 24.1 Å². The van der Waals surface area contributed by atoms with E-state index in [0.29, 0.717) is 23.3 Å². The Balaban J connectivity index is 2.32. The van der Waals surface area contributed by atoms with Crippen LogP contribution in [0.5, 0.6) is 11.5 Å². The summed E-state index contributed by atoms with van der Waals surface area (Å²) >= 11 is 0. The third-order valence-electron chi connectivity index (χ3n) is 2.96. The Morgan fingerprint density at radius 2 is 2.05 bits per heavy atom. The summed E-state index contributed by atoms with van der Waals surface area (Å²) in [6, 6.07) is 5.47. The van der Waals surface area contributed by atoms with Crippen molar-refractivity contribution in [2.75, 3.05) is 20.8 Å². The number of hydrogen-bond donors (Lipinski definition) is 1. The fourth-order valence-electron chi connectivity index (χ4n) is 1.89. The van der Waals surface area contributed by atoms with Crippen LogP contribution in [0.15, 0.2) is 22.6 Å². The van der Waals surface area contributed by atoms with Crippen LogP contribution in [0.1, 0.15) is 25.8 Å². The van der Waals surface area contributed by atoms with Crippen LogP contribution < -0.4 is 14.8 Å². The number of ether oxygens (including phenoxy) is 2. The molecule has 0 aliphatic heterocycles. The van der Waals surface area contributed by atoms with Gasteiger partial charge in [0, 0.05) is 6.07 Å². The first-order valence-electron chi connectivity index (χ1n) is 6.48. The molecule has 0 amide bonds. The molecule has 0 saturated heterocycles. The Bertz CT molecular complexity index is 569. The Kier molecular flexibility index (Phi) is 4.57. The molecule has 1 heterocycles. The van der Waals surface area contributed by atoms with E-state index in [-0.39, 0.29) is 6.04 Å². The second kappa shape index (κ2) is 6.38. The lowest BCUT2D eigenvalue weighted by atomic mass is 10.2. The molecule has 0 radical (unpaired) electrons. The highest BCUT2D eigenvalue weighted by atomic mass is 16.5. The molecule has 6 nitrogen and oxygen atoms in total. The van der Waals surface area contributed by atoms with Crippen molar-refractivity contribution in [3.8, 4) is 23.0 Å². The molecule has 0 bridgehead atoms. The second-order valence-corrected chi connectivity index (χ2v) is 4.29. The monoisotopic (exact) mass is 277 g/mol. The minimum absolute atomic E-state index is 0.0190. The number of rotatable bonds is 6. The van der Waals surface area contributed by atoms with Crippen molar-refractivity contribution in [2.24, 2.45) is 0 Å². The van der Waals surface area contributed by atoms with Crippen LogP contribution in [-0.4, -0.2) is 31.0 Å². The van der Waals surface area contributed by atoms with Gasteiger partial charge in [-0.25, -0.2) is 0 Å². The van der Waals surface area contributed by atoms with Crippen molar-refractivity contribution < 1.29 is 13.9 Å². The minimum atomic E-state index is 0.0190. The fraction of sp³-hybridized carbons (Fsp3) is 0.429. The van der Waals surface area contributed by atoms with Crippen molar-refractivity contribution in [1.29, 1.82) is 0 Å². The third kappa shape index (κ3) is 2.91. The number of hydrogen-bond acceptors (Lipinski definition) is 6. The van der Waals surface area contributed by atoms with Gasteiger partial charge in [0.25, 0.3) is 5.89 Å². The smallest absolute Gasteiger partial charge is 0.251 e. The Labute approximate surface area is 118 Å². The first-order valence-corrected chi connectivity index (χ1v) is 6.48. The number of nitrogens with one attached hydrogen (secondary N) is 1. The molecule has 2 aromatic rings. The summed E-state index contributed by atoms with van der Waals surface area (Å²) in [5.74, 6) is 2.34. The van der Waals surface area contributed by atoms with Gasteiger partial charge in [-0.1, -0.05) is 6.92 Å². The zero-order valence-corrected chi connectivity index (χ0v) is 12.1. The van der Waals surface area contributed by atoms with Gasteiger partial charge in [0.05, 0.1) is 25.8 Å². The molecule has 20 heavy (non-hydrogen) atoms. The van der Waals surface area contributed by atoms with Gasteiger partial charge in [-0.3, -0.25) is 0 Å². The highest BCUT2D eigenvalue weighted by Crippen LogP contribution is 2.32. The van der Waals surface area contributed by atoms with Crippen LogP contribution in [0, 0.1) is 0 Å². The van der Waals surface area contributed by atoms with Gasteiger partial charge in [0.15, 0.2) is 0 Å². The molecule has 1 N–H and O–H groups in total. The first-order chi connectivity index (χ1) is 9.69. The molecule has 0 aliphatic carbocycles. The van der Waals surface area contributed by atoms with E-state index in [9.17, 15) is 0 Å². The van der Waals surface area contributed by atoms with Crippen LogP contribution >= 0.6 is 0 Å². The van der Waals surface area contributed by atoms with Gasteiger partial charge < -0.3 is 19.2 Å². The third-order valence-corrected chi connectivity index (χ3v) is 2.96. The molecule has 1 aromatic heterocycles. The molecular weight excluding hydrogens is 258 g/mol. The molecule has 1 unspecified atom stereocenters. The molecule has 0 aliphatic rings. The summed E-state index contributed by atoms with van der Waals surface area (Å²) in [7, 11) is 3.20. The summed E-state index contributed by atoms with van der Waals surface area (Å²) in [6.07, 6.45) is 0. The molecule has 0 fully saturated rings. The summed E-state index contributed by atoms with van der Waals surface area (Å²) in [4.78, 5) is 0. The maximum atomic E-state index is 5.69. The number of benzene rings is 1. The fourth-order valence-corrected chi connectivity index (χ4v) is 1.89. The summed E-state index contributed by atoms with van der Waals surface area (Å²) in [5.41, 5.74) is 0.746. The minimum Gasteiger partial charge on any atom is -0.497 e. The number of methoxy groups -OCH3 is 2. The molecule has 0 saturated carbocycles. The van der Waals surface area contributed by atoms with Gasteiger partial charge in [0.2, 0.25) is 5.89 Å². The lowest BCUT2D eigenvalue weighted by Gasteiger charge is -2.08. The summed E-state index contributed by atoms with van der Waals surface area (Å²) in [6.45, 7) is 4.84. The van der Waals surface area contributed by atoms with Crippen LogP contribution in [0.3, 0.4) is 0 Å². The second-order valence-electron chi connectivity index (χ2n) is 4.29. The Hall–Kier alpha value is -2.08. The van der Waals surface area contributed by atoms with E-state index in [1.54, 1.807) is 20.3 Å². The van der Waals surface area contributed by atoms with Crippen molar-refractivity contribution in [1.82, 2.24) is 15.5 Å². The molecule has 2 rings (SSSR count). The van der Waals surface area contributed by atoms with Crippen LogP contribution in [0.2, 0.25) is 0 Å². The summed E-state index contributed by atoms with van der Waals surface area (Å²) < 4.78 is 16.2. The predicted octanol–water partition coefficient (Wildman–Crippen LogP) is 2.42. The summed E-state index contributed by atoms with van der Waals surface area (Å²) in [5, 5.41) is 11.4. The van der Waals surface area contributed by atoms with Crippen LogP contribution in [-0.2, 0) is 0 Å². The van der Waals surface area contributed by atoms with Crippen LogP contribution in [0.25, 0.3) is 11.5 Å². The number of nitrogens with zero attached hydrogens (tertiary/aromatic N) is 2. The first kappa shape index (κ1) is 14.3. The maximum absolute atomic E-state index is 5.69. The highest BCUT2D eigenvalue weighted by molar-refractivity contribution is 5.64. The Morgan fingerprint density at radius 3 is 2.70 bits per heavy atom. The van der Waals surface area contributed by atoms with Gasteiger partial charge in [0.1, 0.15) is 11.5 Å². The average Bonchev–Trinajstić information content (AvgIpc) is 2.96. The normalized spacial score (nSPS) is 12.2. The molecule has 1 aromatic carbocycles. The zero-order chi connectivity index (χ0) is 14.5. The van der Waals surface area contributed by atoms with Gasteiger partial charge >= 0.3 is 0 Å². The molecule has 6 heteroatoms. The van der Waals surface area contributed by atoms with E-state index < -0.39 is 0 Å². The van der Waals surface area contributed by atoms with E-state index in [0.717, 1.165) is 12.1 Å². The zero-order valence-electron chi connectivity index (χ0n) is 12.1. The van der Waals surface area contributed by atoms with Gasteiger partial charge in [-0.05, 0) is 25.6 Å². The van der Waals surface area contributed by atoms with E-state index in [1.165, 1.54) is 0 Å². The maximum Gasteiger partial charge on any atom is 0.251 e. The number of aromatic nitrogens is 2. The van der Waals surface area contributed by atoms with E-state index in [4.69, 9.17) is 13.9 Å².